The van der Waals surface area contributed by atoms with Gasteiger partial charge in [0.1, 0.15) is 23.1 Å². The van der Waals surface area contributed by atoms with Crippen LogP contribution in [0.5, 0.6) is 11.5 Å². The smallest absolute Gasteiger partial charge is 0.295 e. The SMILES string of the molecule is COc1ccc(C(O)=C2C(=O)C(=O)N(CCN3CCOCC3)[C@H]2c2ccc(F)cc2)c(O)c1. The van der Waals surface area contributed by atoms with Crippen LogP contribution in [0.1, 0.15) is 17.2 Å². The van der Waals surface area contributed by atoms with Crippen molar-refractivity contribution in [1.29, 1.82) is 0 Å². The van der Waals surface area contributed by atoms with E-state index in [2.05, 4.69) is 4.90 Å². The van der Waals surface area contributed by atoms with Crippen LogP contribution in [0, 0.1) is 5.82 Å². The van der Waals surface area contributed by atoms with E-state index in [1.54, 1.807) is 0 Å². The van der Waals surface area contributed by atoms with E-state index in [1.807, 2.05) is 0 Å². The lowest BCUT2D eigenvalue weighted by Gasteiger charge is -2.31. The number of carbonyl (C=O) groups is 2. The molecule has 0 spiro atoms. The number of hydrogen-bond acceptors (Lipinski definition) is 7. The number of ether oxygens (including phenoxy) is 2. The molecule has 2 saturated heterocycles. The summed E-state index contributed by atoms with van der Waals surface area (Å²) in [4.78, 5) is 29.5. The highest BCUT2D eigenvalue weighted by Gasteiger charge is 2.46. The molecule has 4 rings (SSSR count). The van der Waals surface area contributed by atoms with Crippen molar-refractivity contribution in [1.82, 2.24) is 9.80 Å². The van der Waals surface area contributed by atoms with Crippen molar-refractivity contribution in [3.63, 3.8) is 0 Å². The number of phenols is 1. The second kappa shape index (κ2) is 9.60. The molecule has 0 aromatic heterocycles. The van der Waals surface area contributed by atoms with Crippen LogP contribution < -0.4 is 4.74 Å². The molecule has 2 aliphatic rings. The molecule has 0 radical (unpaired) electrons. The number of morpholine rings is 1. The molecule has 2 aliphatic heterocycles. The number of aliphatic hydroxyl groups excluding tert-OH is 1. The largest absolute Gasteiger partial charge is 0.507 e. The van der Waals surface area contributed by atoms with Crippen LogP contribution >= 0.6 is 0 Å². The Hall–Kier alpha value is -3.43. The molecule has 2 aromatic rings. The summed E-state index contributed by atoms with van der Waals surface area (Å²) in [7, 11) is 1.43. The fourth-order valence-corrected chi connectivity index (χ4v) is 4.16. The van der Waals surface area contributed by atoms with Crippen molar-refractivity contribution in [3.8, 4) is 11.5 Å². The van der Waals surface area contributed by atoms with Gasteiger partial charge in [-0.05, 0) is 29.8 Å². The van der Waals surface area contributed by atoms with E-state index in [9.17, 15) is 24.2 Å². The maximum Gasteiger partial charge on any atom is 0.295 e. The van der Waals surface area contributed by atoms with Crippen LogP contribution in [0.2, 0.25) is 0 Å². The lowest BCUT2D eigenvalue weighted by molar-refractivity contribution is -0.140. The van der Waals surface area contributed by atoms with Crippen LogP contribution in [0.4, 0.5) is 4.39 Å². The molecule has 2 heterocycles. The zero-order valence-corrected chi connectivity index (χ0v) is 18.2. The molecule has 2 fully saturated rings. The molecule has 8 nitrogen and oxygen atoms in total. The molecular weight excluding hydrogens is 431 g/mol. The van der Waals surface area contributed by atoms with Crippen LogP contribution in [0.25, 0.3) is 5.76 Å². The monoisotopic (exact) mass is 456 g/mol. The molecule has 1 amide bonds. The standard InChI is InChI=1S/C24H25FN2O6/c1-32-17-6-7-18(19(28)14-17)22(29)20-21(15-2-4-16(25)5-3-15)27(24(31)23(20)30)9-8-26-10-12-33-13-11-26/h2-7,14,21,28-29H,8-13H2,1H3/t21-/m0/s1. The first-order chi connectivity index (χ1) is 15.9. The number of methoxy groups -OCH3 is 1. The molecule has 2 aromatic carbocycles. The average molecular weight is 456 g/mol. The van der Waals surface area contributed by atoms with Crippen molar-refractivity contribution in [2.45, 2.75) is 6.04 Å². The first-order valence-corrected chi connectivity index (χ1v) is 10.6. The van der Waals surface area contributed by atoms with Crippen molar-refractivity contribution in [2.75, 3.05) is 46.5 Å². The first kappa shape index (κ1) is 22.8. The van der Waals surface area contributed by atoms with Gasteiger partial charge in [-0.3, -0.25) is 14.5 Å². The number of rotatable bonds is 6. The number of nitrogens with zero attached hydrogens (tertiary/aromatic N) is 2. The van der Waals surface area contributed by atoms with Gasteiger partial charge < -0.3 is 24.6 Å². The molecular formula is C24H25FN2O6. The molecule has 1 atom stereocenters. The van der Waals surface area contributed by atoms with Gasteiger partial charge in [-0.2, -0.15) is 0 Å². The summed E-state index contributed by atoms with van der Waals surface area (Å²) in [5, 5.41) is 21.4. The molecule has 0 aliphatic carbocycles. The Morgan fingerprint density at radius 1 is 1.12 bits per heavy atom. The molecule has 0 unspecified atom stereocenters. The number of aromatic hydroxyl groups is 1. The maximum absolute atomic E-state index is 13.6. The number of amides is 1. The molecule has 9 heteroatoms. The van der Waals surface area contributed by atoms with Crippen LogP contribution in [0.15, 0.2) is 48.0 Å². The Morgan fingerprint density at radius 2 is 1.82 bits per heavy atom. The highest BCUT2D eigenvalue weighted by Crippen LogP contribution is 2.41. The van der Waals surface area contributed by atoms with Crippen LogP contribution in [-0.2, 0) is 14.3 Å². The number of benzene rings is 2. The van der Waals surface area contributed by atoms with Crippen molar-refractivity contribution in [3.05, 3.63) is 65.0 Å². The van der Waals surface area contributed by atoms with E-state index in [0.717, 1.165) is 0 Å². The number of carbonyl (C=O) groups excluding carboxylic acids is 2. The van der Waals surface area contributed by atoms with Gasteiger partial charge in [0.2, 0.25) is 0 Å². The van der Waals surface area contributed by atoms with Crippen molar-refractivity contribution >= 4 is 17.4 Å². The minimum Gasteiger partial charge on any atom is -0.507 e. The minimum absolute atomic E-state index is 0.00547. The Balaban J connectivity index is 1.75. The molecule has 33 heavy (non-hydrogen) atoms. The van der Waals surface area contributed by atoms with Gasteiger partial charge in [-0.25, -0.2) is 4.39 Å². The Kier molecular flexibility index (Phi) is 6.62. The van der Waals surface area contributed by atoms with E-state index < -0.39 is 29.3 Å². The molecule has 174 valence electrons. The third-order valence-electron chi connectivity index (χ3n) is 5.95. The van der Waals surface area contributed by atoms with Gasteiger partial charge in [0.25, 0.3) is 11.7 Å². The lowest BCUT2D eigenvalue weighted by atomic mass is 9.95. The summed E-state index contributed by atoms with van der Waals surface area (Å²) >= 11 is 0. The van der Waals surface area contributed by atoms with Gasteiger partial charge in [0.05, 0.1) is 37.5 Å². The Morgan fingerprint density at radius 3 is 2.45 bits per heavy atom. The van der Waals surface area contributed by atoms with E-state index in [1.165, 1.54) is 54.5 Å². The summed E-state index contributed by atoms with van der Waals surface area (Å²) in [5.41, 5.74) is 0.315. The number of ketones is 1. The zero-order valence-electron chi connectivity index (χ0n) is 18.2. The summed E-state index contributed by atoms with van der Waals surface area (Å²) in [6.45, 7) is 3.36. The fraction of sp³-hybridized carbons (Fsp3) is 0.333. The van der Waals surface area contributed by atoms with Gasteiger partial charge in [-0.15, -0.1) is 0 Å². The number of phenolic OH excluding ortho intramolecular Hbond substituents is 1. The van der Waals surface area contributed by atoms with E-state index in [4.69, 9.17) is 9.47 Å². The second-order valence-corrected chi connectivity index (χ2v) is 7.88. The number of aliphatic hydroxyl groups is 1. The highest BCUT2D eigenvalue weighted by molar-refractivity contribution is 6.46. The van der Waals surface area contributed by atoms with Gasteiger partial charge in [0, 0.05) is 32.2 Å². The maximum atomic E-state index is 13.6. The van der Waals surface area contributed by atoms with Crippen LogP contribution in [0.3, 0.4) is 0 Å². The van der Waals surface area contributed by atoms with Gasteiger partial charge in [0.15, 0.2) is 0 Å². The third kappa shape index (κ3) is 4.55. The van der Waals surface area contributed by atoms with Crippen LogP contribution in [-0.4, -0.2) is 78.2 Å². The predicted octanol–water partition coefficient (Wildman–Crippen LogP) is 2.29. The zero-order chi connectivity index (χ0) is 23.5. The normalized spacial score (nSPS) is 20.9. The molecule has 0 bridgehead atoms. The van der Waals surface area contributed by atoms with E-state index >= 15 is 0 Å². The Bertz CT molecular complexity index is 1080. The molecule has 2 N–H and O–H groups in total. The minimum atomic E-state index is -0.923. The number of likely N-dealkylation sites (tertiary alicyclic amines) is 1. The fourth-order valence-electron chi connectivity index (χ4n) is 4.16. The first-order valence-electron chi connectivity index (χ1n) is 10.6. The van der Waals surface area contributed by atoms with E-state index in [-0.39, 0.29) is 23.4 Å². The summed E-state index contributed by atoms with van der Waals surface area (Å²) in [5.74, 6) is -2.52. The second-order valence-electron chi connectivity index (χ2n) is 7.88. The topological polar surface area (TPSA) is 99.5 Å². The van der Waals surface area contributed by atoms with E-state index in [0.29, 0.717) is 44.2 Å². The van der Waals surface area contributed by atoms with Gasteiger partial charge in [-0.1, -0.05) is 12.1 Å². The summed E-state index contributed by atoms with van der Waals surface area (Å²) in [6.07, 6.45) is 0. The summed E-state index contributed by atoms with van der Waals surface area (Å²) < 4.78 is 24.0. The van der Waals surface area contributed by atoms with Gasteiger partial charge >= 0.3 is 0 Å². The summed E-state index contributed by atoms with van der Waals surface area (Å²) in [6, 6.07) is 8.75. The average Bonchev–Trinajstić information content (AvgIpc) is 3.08. The number of Topliss-reactive ketones (excluding diaryl/α,β-unsaturated/α-hetero) is 1. The van der Waals surface area contributed by atoms with Crippen molar-refractivity contribution in [2.24, 2.45) is 0 Å². The quantitative estimate of drug-likeness (QED) is 0.391. The lowest BCUT2D eigenvalue weighted by Crippen LogP contribution is -2.42. The number of hydrogen-bond donors (Lipinski definition) is 2. The number of halogens is 1. The Labute approximate surface area is 190 Å². The third-order valence-corrected chi connectivity index (χ3v) is 5.95. The predicted molar refractivity (Wildman–Crippen MR) is 117 cm³/mol. The highest BCUT2D eigenvalue weighted by atomic mass is 19.1. The molecule has 0 saturated carbocycles. The van der Waals surface area contributed by atoms with Crippen molar-refractivity contribution < 1.29 is 33.7 Å².